The van der Waals surface area contributed by atoms with Crippen LogP contribution in [0.1, 0.15) is 38.5 Å². The number of nitrogens with two attached hydrogens (primary N) is 1. The lowest BCUT2D eigenvalue weighted by Gasteiger charge is -2.15. The third-order valence-corrected chi connectivity index (χ3v) is 4.43. The molecule has 0 aliphatic heterocycles. The number of aliphatic carboxylic acids is 1. The van der Waals surface area contributed by atoms with Crippen molar-refractivity contribution in [3.05, 3.63) is 0 Å². The van der Waals surface area contributed by atoms with E-state index in [2.05, 4.69) is 0 Å². The average Bonchev–Trinajstić information content (AvgIpc) is 2.76. The fraction of sp³-hybridized carbons (Fsp3) is 0.917. The highest BCUT2D eigenvalue weighted by atomic mass is 32.2. The maximum absolute atomic E-state index is 10.5. The molecule has 1 aliphatic carbocycles. The Morgan fingerprint density at radius 1 is 1.41 bits per heavy atom. The highest BCUT2D eigenvalue weighted by Crippen LogP contribution is 2.29. The smallest absolute Gasteiger partial charge is 0.320 e. The molecule has 4 nitrogen and oxygen atoms in total. The summed E-state index contributed by atoms with van der Waals surface area (Å²) >= 11 is 1.60. The van der Waals surface area contributed by atoms with Crippen LogP contribution in [-0.2, 0) is 4.79 Å². The van der Waals surface area contributed by atoms with Gasteiger partial charge in [0, 0.05) is 5.75 Å². The van der Waals surface area contributed by atoms with E-state index in [1.807, 2.05) is 0 Å². The van der Waals surface area contributed by atoms with Crippen LogP contribution in [0.3, 0.4) is 0 Å². The van der Waals surface area contributed by atoms with Crippen molar-refractivity contribution in [3.63, 3.8) is 0 Å². The fourth-order valence-electron chi connectivity index (χ4n) is 2.25. The molecule has 0 amide bonds. The molecule has 5 heteroatoms. The van der Waals surface area contributed by atoms with E-state index < -0.39 is 12.0 Å². The van der Waals surface area contributed by atoms with Crippen LogP contribution in [0, 0.1) is 5.92 Å². The molecule has 0 spiro atoms. The topological polar surface area (TPSA) is 83.5 Å². The molecule has 0 bridgehead atoms. The van der Waals surface area contributed by atoms with E-state index in [0.717, 1.165) is 6.42 Å². The average molecular weight is 261 g/mol. The Morgan fingerprint density at radius 3 is 2.65 bits per heavy atom. The summed E-state index contributed by atoms with van der Waals surface area (Å²) in [6, 6.07) is -0.769. The number of hydrogen-bond donors (Lipinski definition) is 3. The zero-order valence-electron chi connectivity index (χ0n) is 10.2. The molecular weight excluding hydrogens is 238 g/mol. The minimum atomic E-state index is -0.947. The first-order chi connectivity index (χ1) is 8.09. The summed E-state index contributed by atoms with van der Waals surface area (Å²) < 4.78 is 0. The highest BCUT2D eigenvalue weighted by Gasteiger charge is 2.19. The highest BCUT2D eigenvalue weighted by molar-refractivity contribution is 7.99. The standard InChI is InChI=1S/C12H23NO3S/c13-11(12(15)16)5-6-17-8-10(14)7-9-3-1-2-4-9/h9-11,14H,1-8,13H2,(H,15,16). The lowest BCUT2D eigenvalue weighted by Crippen LogP contribution is -2.30. The van der Waals surface area contributed by atoms with Crippen molar-refractivity contribution in [1.82, 2.24) is 0 Å². The van der Waals surface area contributed by atoms with Crippen LogP contribution >= 0.6 is 11.8 Å². The van der Waals surface area contributed by atoms with Gasteiger partial charge in [0.15, 0.2) is 0 Å². The quantitative estimate of drug-likeness (QED) is 0.576. The minimum absolute atomic E-state index is 0.246. The van der Waals surface area contributed by atoms with Gasteiger partial charge in [-0.05, 0) is 24.5 Å². The predicted octanol–water partition coefficient (Wildman–Crippen LogP) is 1.46. The summed E-state index contributed by atoms with van der Waals surface area (Å²) in [5.74, 6) is 1.15. The number of aliphatic hydroxyl groups excluding tert-OH is 1. The molecule has 0 aromatic heterocycles. The number of aliphatic hydroxyl groups is 1. The zero-order valence-corrected chi connectivity index (χ0v) is 11.0. The molecule has 1 saturated carbocycles. The summed E-state index contributed by atoms with van der Waals surface area (Å²) in [4.78, 5) is 10.5. The lowest BCUT2D eigenvalue weighted by atomic mass is 10.0. The molecule has 1 rings (SSSR count). The van der Waals surface area contributed by atoms with Gasteiger partial charge in [0.05, 0.1) is 6.10 Å². The lowest BCUT2D eigenvalue weighted by molar-refractivity contribution is -0.138. The van der Waals surface area contributed by atoms with E-state index in [0.29, 0.717) is 23.8 Å². The second-order valence-electron chi connectivity index (χ2n) is 4.85. The SMILES string of the molecule is NC(CCSCC(O)CC1CCCC1)C(=O)O. The van der Waals surface area contributed by atoms with Crippen molar-refractivity contribution in [2.75, 3.05) is 11.5 Å². The Labute approximate surface area is 107 Å². The molecule has 100 valence electrons. The van der Waals surface area contributed by atoms with Crippen LogP contribution in [0.4, 0.5) is 0 Å². The van der Waals surface area contributed by atoms with Crippen LogP contribution < -0.4 is 5.73 Å². The fourth-order valence-corrected chi connectivity index (χ4v) is 3.25. The molecule has 17 heavy (non-hydrogen) atoms. The number of thioether (sulfide) groups is 1. The Kier molecular flexibility index (Phi) is 6.92. The van der Waals surface area contributed by atoms with Crippen molar-refractivity contribution >= 4 is 17.7 Å². The zero-order chi connectivity index (χ0) is 12.7. The van der Waals surface area contributed by atoms with Gasteiger partial charge in [-0.25, -0.2) is 0 Å². The van der Waals surface area contributed by atoms with Gasteiger partial charge in [0.25, 0.3) is 0 Å². The summed E-state index contributed by atoms with van der Waals surface area (Å²) in [5, 5.41) is 18.4. The van der Waals surface area contributed by atoms with E-state index >= 15 is 0 Å². The van der Waals surface area contributed by atoms with Crippen molar-refractivity contribution in [3.8, 4) is 0 Å². The van der Waals surface area contributed by atoms with E-state index in [-0.39, 0.29) is 6.10 Å². The molecule has 0 aromatic carbocycles. The Morgan fingerprint density at radius 2 is 2.06 bits per heavy atom. The van der Waals surface area contributed by atoms with Crippen molar-refractivity contribution < 1.29 is 15.0 Å². The largest absolute Gasteiger partial charge is 0.480 e. The number of carboxylic acid groups (broad SMARTS) is 1. The van der Waals surface area contributed by atoms with Gasteiger partial charge in [-0.2, -0.15) is 11.8 Å². The number of hydrogen-bond acceptors (Lipinski definition) is 4. The van der Waals surface area contributed by atoms with Crippen LogP contribution in [0.15, 0.2) is 0 Å². The van der Waals surface area contributed by atoms with Gasteiger partial charge in [-0.3, -0.25) is 4.79 Å². The number of rotatable bonds is 8. The van der Waals surface area contributed by atoms with Crippen LogP contribution in [0.2, 0.25) is 0 Å². The first-order valence-corrected chi connectivity index (χ1v) is 7.49. The molecule has 0 radical (unpaired) electrons. The van der Waals surface area contributed by atoms with Crippen LogP contribution in [0.5, 0.6) is 0 Å². The van der Waals surface area contributed by atoms with Gasteiger partial charge in [0.1, 0.15) is 6.04 Å². The van der Waals surface area contributed by atoms with Gasteiger partial charge >= 0.3 is 5.97 Å². The molecule has 1 fully saturated rings. The first kappa shape index (κ1) is 14.8. The summed E-state index contributed by atoms with van der Waals surface area (Å²) in [7, 11) is 0. The van der Waals surface area contributed by atoms with E-state index in [1.54, 1.807) is 11.8 Å². The van der Waals surface area contributed by atoms with Gasteiger partial charge in [-0.1, -0.05) is 25.7 Å². The van der Waals surface area contributed by atoms with Crippen LogP contribution in [-0.4, -0.2) is 39.8 Å². The van der Waals surface area contributed by atoms with Crippen molar-refractivity contribution in [2.24, 2.45) is 11.7 Å². The molecule has 2 atom stereocenters. The summed E-state index contributed by atoms with van der Waals surface area (Å²) in [5.41, 5.74) is 5.39. The Hall–Kier alpha value is -0.260. The van der Waals surface area contributed by atoms with Gasteiger partial charge < -0.3 is 15.9 Å². The maximum atomic E-state index is 10.5. The monoisotopic (exact) mass is 261 g/mol. The number of carbonyl (C=O) groups is 1. The molecule has 4 N–H and O–H groups in total. The Balaban J connectivity index is 1.99. The molecule has 2 unspecified atom stereocenters. The number of carboxylic acids is 1. The molecule has 0 heterocycles. The summed E-state index contributed by atoms with van der Waals surface area (Å²) in [6.07, 6.45) is 6.24. The predicted molar refractivity (Wildman–Crippen MR) is 70.1 cm³/mol. The third-order valence-electron chi connectivity index (χ3n) is 3.28. The molecular formula is C12H23NO3S. The molecule has 1 aliphatic rings. The summed E-state index contributed by atoms with van der Waals surface area (Å²) in [6.45, 7) is 0. The molecule has 0 saturated heterocycles. The Bertz CT molecular complexity index is 232. The minimum Gasteiger partial charge on any atom is -0.480 e. The van der Waals surface area contributed by atoms with E-state index in [4.69, 9.17) is 10.8 Å². The second kappa shape index (κ2) is 7.95. The normalized spacial score (nSPS) is 20.4. The third kappa shape index (κ3) is 6.29. The van der Waals surface area contributed by atoms with Crippen LogP contribution in [0.25, 0.3) is 0 Å². The van der Waals surface area contributed by atoms with E-state index in [1.165, 1.54) is 25.7 Å². The van der Waals surface area contributed by atoms with Gasteiger partial charge in [0.2, 0.25) is 0 Å². The molecule has 0 aromatic rings. The first-order valence-electron chi connectivity index (χ1n) is 6.33. The van der Waals surface area contributed by atoms with E-state index in [9.17, 15) is 9.90 Å². The maximum Gasteiger partial charge on any atom is 0.320 e. The van der Waals surface area contributed by atoms with Crippen molar-refractivity contribution in [1.29, 1.82) is 0 Å². The van der Waals surface area contributed by atoms with Gasteiger partial charge in [-0.15, -0.1) is 0 Å². The van der Waals surface area contributed by atoms with Crippen molar-refractivity contribution in [2.45, 2.75) is 50.7 Å². The second-order valence-corrected chi connectivity index (χ2v) is 6.00.